The lowest BCUT2D eigenvalue weighted by molar-refractivity contribution is 0.298. The number of hydrogen-bond acceptors (Lipinski definition) is 4. The highest BCUT2D eigenvalue weighted by molar-refractivity contribution is 14.0. The summed E-state index contributed by atoms with van der Waals surface area (Å²) in [6, 6.07) is 16.3. The number of nitrogens with two attached hydrogens (primary N) is 1. The van der Waals surface area contributed by atoms with E-state index in [1.165, 1.54) is 5.56 Å². The molecule has 0 spiro atoms. The summed E-state index contributed by atoms with van der Waals surface area (Å²) in [5.74, 6) is 1.84. The number of nitrogens with zero attached hydrogens (tertiary/aromatic N) is 2. The van der Waals surface area contributed by atoms with Crippen molar-refractivity contribution in [1.29, 1.82) is 0 Å². The Morgan fingerprint density at radius 3 is 2.38 bits per heavy atom. The molecule has 0 heterocycles. The van der Waals surface area contributed by atoms with Gasteiger partial charge in [0.1, 0.15) is 11.5 Å². The molecular weight excluding hydrogens is 479 g/mol. The van der Waals surface area contributed by atoms with Crippen molar-refractivity contribution in [3.8, 4) is 11.5 Å². The van der Waals surface area contributed by atoms with Crippen LogP contribution >= 0.6 is 24.0 Å². The van der Waals surface area contributed by atoms with E-state index in [1.54, 1.807) is 0 Å². The molecule has 0 aliphatic carbocycles. The van der Waals surface area contributed by atoms with Crippen molar-refractivity contribution in [1.82, 2.24) is 4.90 Å². The van der Waals surface area contributed by atoms with Crippen LogP contribution in [-0.4, -0.2) is 50.8 Å². The molecule has 2 aromatic rings. The Hall–Kier alpha value is -2.00. The highest BCUT2D eigenvalue weighted by Gasteiger charge is 2.13. The Kier molecular flexibility index (Phi) is 11.5. The second-order valence-electron chi connectivity index (χ2n) is 6.68. The predicted molar refractivity (Wildman–Crippen MR) is 132 cm³/mol. The van der Waals surface area contributed by atoms with Gasteiger partial charge in [-0.2, -0.15) is 0 Å². The van der Waals surface area contributed by atoms with Gasteiger partial charge < -0.3 is 25.4 Å². The fraction of sp³-hybridized carbons (Fsp3) is 0.409. The van der Waals surface area contributed by atoms with Crippen molar-refractivity contribution in [2.24, 2.45) is 10.7 Å². The van der Waals surface area contributed by atoms with Gasteiger partial charge in [0.2, 0.25) is 0 Å². The molecule has 1 unspecified atom stereocenters. The summed E-state index contributed by atoms with van der Waals surface area (Å²) < 4.78 is 11.3. The number of likely N-dealkylation sites (N-methyl/N-ethyl adjacent to an activating group) is 1. The smallest absolute Gasteiger partial charge is 0.193 e. The number of ether oxygens (including phenoxy) is 2. The SMILES string of the molecule is CCOc1ccc(OCC)c(NC(N)=NCC(Cc2ccccc2)N(C)C)c1.I. The molecule has 0 radical (unpaired) electrons. The maximum atomic E-state index is 6.16. The van der Waals surface area contributed by atoms with Gasteiger partial charge in [-0.05, 0) is 52.1 Å². The van der Waals surface area contributed by atoms with Gasteiger partial charge in [-0.15, -0.1) is 24.0 Å². The second kappa shape index (κ2) is 13.3. The zero-order valence-corrected chi connectivity index (χ0v) is 20.1. The second-order valence-corrected chi connectivity index (χ2v) is 6.68. The fourth-order valence-electron chi connectivity index (χ4n) is 2.82. The van der Waals surface area contributed by atoms with E-state index in [2.05, 4.69) is 53.6 Å². The fourth-order valence-corrected chi connectivity index (χ4v) is 2.82. The molecule has 0 saturated carbocycles. The lowest BCUT2D eigenvalue weighted by Crippen LogP contribution is -2.34. The number of benzene rings is 2. The molecular formula is C22H33IN4O2. The molecule has 1 atom stereocenters. The third kappa shape index (κ3) is 8.49. The van der Waals surface area contributed by atoms with E-state index in [1.807, 2.05) is 38.1 Å². The number of anilines is 1. The summed E-state index contributed by atoms with van der Waals surface area (Å²) in [7, 11) is 4.12. The molecule has 2 rings (SSSR count). The van der Waals surface area contributed by atoms with Crippen LogP contribution in [0.15, 0.2) is 53.5 Å². The lowest BCUT2D eigenvalue weighted by Gasteiger charge is -2.23. The number of rotatable bonds is 10. The van der Waals surface area contributed by atoms with Crippen LogP contribution in [0.2, 0.25) is 0 Å². The molecule has 0 bridgehead atoms. The van der Waals surface area contributed by atoms with Crippen molar-refractivity contribution in [3.63, 3.8) is 0 Å². The van der Waals surface area contributed by atoms with Gasteiger partial charge in [0, 0.05) is 12.1 Å². The molecule has 6 nitrogen and oxygen atoms in total. The van der Waals surface area contributed by atoms with E-state index in [0.29, 0.717) is 25.7 Å². The van der Waals surface area contributed by atoms with Crippen LogP contribution in [0.3, 0.4) is 0 Å². The molecule has 0 aromatic heterocycles. The zero-order valence-electron chi connectivity index (χ0n) is 17.7. The number of aliphatic imine (C=N–C) groups is 1. The number of halogens is 1. The maximum absolute atomic E-state index is 6.16. The van der Waals surface area contributed by atoms with Gasteiger partial charge in [-0.1, -0.05) is 30.3 Å². The van der Waals surface area contributed by atoms with Crippen molar-refractivity contribution in [2.45, 2.75) is 26.3 Å². The average molecular weight is 512 g/mol. The van der Waals surface area contributed by atoms with Gasteiger partial charge in [0.25, 0.3) is 0 Å². The summed E-state index contributed by atoms with van der Waals surface area (Å²) in [6.07, 6.45) is 0.911. The monoisotopic (exact) mass is 512 g/mol. The van der Waals surface area contributed by atoms with Gasteiger partial charge in [0.15, 0.2) is 5.96 Å². The molecule has 160 valence electrons. The summed E-state index contributed by atoms with van der Waals surface area (Å²) in [5, 5.41) is 3.16. The Labute approximate surface area is 191 Å². The van der Waals surface area contributed by atoms with Crippen LogP contribution in [0.4, 0.5) is 5.69 Å². The summed E-state index contributed by atoms with van der Waals surface area (Å²) in [5.41, 5.74) is 8.19. The van der Waals surface area contributed by atoms with Crippen LogP contribution in [0.5, 0.6) is 11.5 Å². The highest BCUT2D eigenvalue weighted by atomic mass is 127. The van der Waals surface area contributed by atoms with Gasteiger partial charge in [0.05, 0.1) is 25.4 Å². The predicted octanol–water partition coefficient (Wildman–Crippen LogP) is 4.00. The Bertz CT molecular complexity index is 754. The maximum Gasteiger partial charge on any atom is 0.193 e. The van der Waals surface area contributed by atoms with Crippen molar-refractivity contribution in [3.05, 3.63) is 54.1 Å². The topological polar surface area (TPSA) is 72.1 Å². The van der Waals surface area contributed by atoms with E-state index >= 15 is 0 Å². The van der Waals surface area contributed by atoms with E-state index in [9.17, 15) is 0 Å². The van der Waals surface area contributed by atoms with Gasteiger partial charge >= 0.3 is 0 Å². The minimum absolute atomic E-state index is 0. The molecule has 2 aromatic carbocycles. The van der Waals surface area contributed by atoms with E-state index < -0.39 is 0 Å². The summed E-state index contributed by atoms with van der Waals surface area (Å²) in [4.78, 5) is 6.73. The van der Waals surface area contributed by atoms with Crippen LogP contribution in [0.1, 0.15) is 19.4 Å². The van der Waals surface area contributed by atoms with Gasteiger partial charge in [-0.3, -0.25) is 4.99 Å². The van der Waals surface area contributed by atoms with Crippen LogP contribution < -0.4 is 20.5 Å². The largest absolute Gasteiger partial charge is 0.494 e. The third-order valence-corrected chi connectivity index (χ3v) is 4.34. The summed E-state index contributed by atoms with van der Waals surface area (Å²) in [6.45, 7) is 5.66. The van der Waals surface area contributed by atoms with Crippen LogP contribution in [0.25, 0.3) is 0 Å². The van der Waals surface area contributed by atoms with Crippen molar-refractivity contribution >= 4 is 35.6 Å². The first-order valence-corrected chi connectivity index (χ1v) is 9.70. The van der Waals surface area contributed by atoms with Crippen molar-refractivity contribution < 1.29 is 9.47 Å². The molecule has 0 fully saturated rings. The number of nitrogens with one attached hydrogen (secondary N) is 1. The molecule has 29 heavy (non-hydrogen) atoms. The average Bonchev–Trinajstić information content (AvgIpc) is 2.68. The standard InChI is InChI=1S/C22H32N4O2.HI/c1-5-27-19-12-13-21(28-6-2)20(15-19)25-22(23)24-16-18(26(3)4)14-17-10-8-7-9-11-17;/h7-13,15,18H,5-6,14,16H2,1-4H3,(H3,23,24,25);1H. The Morgan fingerprint density at radius 1 is 1.07 bits per heavy atom. The molecule has 3 N–H and O–H groups in total. The van der Waals surface area contributed by atoms with Crippen LogP contribution in [0, 0.1) is 0 Å². The third-order valence-electron chi connectivity index (χ3n) is 4.34. The molecule has 7 heteroatoms. The highest BCUT2D eigenvalue weighted by Crippen LogP contribution is 2.29. The first kappa shape index (κ1) is 25.0. The number of hydrogen-bond donors (Lipinski definition) is 2. The van der Waals surface area contributed by atoms with E-state index in [4.69, 9.17) is 15.2 Å². The molecule has 0 saturated heterocycles. The normalized spacial score (nSPS) is 12.2. The first-order valence-electron chi connectivity index (χ1n) is 9.70. The molecule has 0 aliphatic heterocycles. The quantitative estimate of drug-likeness (QED) is 0.286. The zero-order chi connectivity index (χ0) is 20.4. The number of guanidine groups is 1. The van der Waals surface area contributed by atoms with Crippen LogP contribution in [-0.2, 0) is 6.42 Å². The Balaban J connectivity index is 0.00000420. The minimum Gasteiger partial charge on any atom is -0.494 e. The molecule has 0 amide bonds. The van der Waals surface area contributed by atoms with Gasteiger partial charge in [-0.25, -0.2) is 0 Å². The minimum atomic E-state index is 0. The van der Waals surface area contributed by atoms with E-state index in [0.717, 1.165) is 23.6 Å². The first-order chi connectivity index (χ1) is 13.5. The molecule has 0 aliphatic rings. The van der Waals surface area contributed by atoms with E-state index in [-0.39, 0.29) is 30.0 Å². The summed E-state index contributed by atoms with van der Waals surface area (Å²) >= 11 is 0. The Morgan fingerprint density at radius 2 is 1.76 bits per heavy atom. The lowest BCUT2D eigenvalue weighted by atomic mass is 10.1. The van der Waals surface area contributed by atoms with Crippen molar-refractivity contribution in [2.75, 3.05) is 39.2 Å².